The molecular formula is C12H18FN3. The number of likely N-dealkylation sites (tertiary alicyclic amines) is 1. The van der Waals surface area contributed by atoms with Crippen LogP contribution in [0.1, 0.15) is 18.4 Å². The van der Waals surface area contributed by atoms with Gasteiger partial charge in [-0.15, -0.1) is 0 Å². The fourth-order valence-corrected chi connectivity index (χ4v) is 2.24. The number of pyridine rings is 1. The molecule has 1 N–H and O–H groups in total. The Morgan fingerprint density at radius 3 is 3.19 bits per heavy atom. The van der Waals surface area contributed by atoms with Gasteiger partial charge in [0.1, 0.15) is 5.82 Å². The zero-order valence-corrected chi connectivity index (χ0v) is 9.62. The molecular weight excluding hydrogens is 205 g/mol. The first-order valence-electron chi connectivity index (χ1n) is 5.77. The largest absolute Gasteiger partial charge is 0.316 e. The Hall–Kier alpha value is -1.00. The summed E-state index contributed by atoms with van der Waals surface area (Å²) in [5.41, 5.74) is 0.955. The van der Waals surface area contributed by atoms with Gasteiger partial charge in [-0.05, 0) is 38.1 Å². The molecule has 0 radical (unpaired) electrons. The van der Waals surface area contributed by atoms with E-state index < -0.39 is 0 Å². The fourth-order valence-electron chi connectivity index (χ4n) is 2.24. The third-order valence-corrected chi connectivity index (χ3v) is 3.08. The topological polar surface area (TPSA) is 28.2 Å². The van der Waals surface area contributed by atoms with E-state index in [0.717, 1.165) is 25.2 Å². The molecule has 2 heterocycles. The first kappa shape index (κ1) is 11.5. The number of nitrogens with zero attached hydrogens (tertiary/aromatic N) is 2. The van der Waals surface area contributed by atoms with Gasteiger partial charge in [0.15, 0.2) is 0 Å². The summed E-state index contributed by atoms with van der Waals surface area (Å²) in [5.74, 6) is -0.250. The summed E-state index contributed by atoms with van der Waals surface area (Å²) in [6, 6.07) is 2.13. The molecule has 4 heteroatoms. The van der Waals surface area contributed by atoms with Crippen LogP contribution in [0, 0.1) is 5.82 Å². The van der Waals surface area contributed by atoms with Crippen molar-refractivity contribution in [1.82, 2.24) is 15.2 Å². The Morgan fingerprint density at radius 1 is 1.56 bits per heavy atom. The highest BCUT2D eigenvalue weighted by atomic mass is 19.1. The van der Waals surface area contributed by atoms with Crippen molar-refractivity contribution in [2.24, 2.45) is 0 Å². The Morgan fingerprint density at radius 2 is 2.44 bits per heavy atom. The van der Waals surface area contributed by atoms with Crippen molar-refractivity contribution < 1.29 is 4.39 Å². The monoisotopic (exact) mass is 223 g/mol. The SMILES string of the molecule is CNC1CCCN(Cc2cncc(F)c2)C1. The van der Waals surface area contributed by atoms with Crippen molar-refractivity contribution in [3.05, 3.63) is 29.8 Å². The molecule has 1 fully saturated rings. The van der Waals surface area contributed by atoms with Crippen LogP contribution in [0.4, 0.5) is 4.39 Å². The first-order valence-corrected chi connectivity index (χ1v) is 5.77. The van der Waals surface area contributed by atoms with Gasteiger partial charge in [-0.2, -0.15) is 0 Å². The van der Waals surface area contributed by atoms with E-state index in [1.54, 1.807) is 12.3 Å². The maximum atomic E-state index is 13.0. The van der Waals surface area contributed by atoms with Gasteiger partial charge in [-0.3, -0.25) is 9.88 Å². The molecule has 88 valence electrons. The predicted molar refractivity (Wildman–Crippen MR) is 61.6 cm³/mol. The van der Waals surface area contributed by atoms with Gasteiger partial charge in [-0.1, -0.05) is 0 Å². The molecule has 0 aliphatic carbocycles. The highest BCUT2D eigenvalue weighted by molar-refractivity contribution is 5.10. The van der Waals surface area contributed by atoms with Crippen LogP contribution in [0.2, 0.25) is 0 Å². The molecule has 16 heavy (non-hydrogen) atoms. The van der Waals surface area contributed by atoms with Crippen LogP contribution < -0.4 is 5.32 Å². The van der Waals surface area contributed by atoms with Gasteiger partial charge in [0.05, 0.1) is 6.20 Å². The summed E-state index contributed by atoms with van der Waals surface area (Å²) < 4.78 is 13.0. The molecule has 1 unspecified atom stereocenters. The van der Waals surface area contributed by atoms with Crippen molar-refractivity contribution in [2.45, 2.75) is 25.4 Å². The molecule has 1 aromatic rings. The van der Waals surface area contributed by atoms with Crippen LogP contribution >= 0.6 is 0 Å². The lowest BCUT2D eigenvalue weighted by Gasteiger charge is -2.32. The lowest BCUT2D eigenvalue weighted by molar-refractivity contribution is 0.187. The minimum atomic E-state index is -0.250. The molecule has 1 aliphatic heterocycles. The summed E-state index contributed by atoms with van der Waals surface area (Å²) in [5, 5.41) is 3.30. The fraction of sp³-hybridized carbons (Fsp3) is 0.583. The van der Waals surface area contributed by atoms with Gasteiger partial charge in [0.2, 0.25) is 0 Å². The zero-order chi connectivity index (χ0) is 11.4. The third kappa shape index (κ3) is 3.00. The number of hydrogen-bond donors (Lipinski definition) is 1. The average Bonchev–Trinajstić information content (AvgIpc) is 2.29. The minimum Gasteiger partial charge on any atom is -0.316 e. The van der Waals surface area contributed by atoms with Gasteiger partial charge in [-0.25, -0.2) is 4.39 Å². The first-order chi connectivity index (χ1) is 7.78. The van der Waals surface area contributed by atoms with Gasteiger partial charge in [0.25, 0.3) is 0 Å². The molecule has 0 aromatic carbocycles. The molecule has 0 bridgehead atoms. The maximum Gasteiger partial charge on any atom is 0.141 e. The van der Waals surface area contributed by atoms with Gasteiger partial charge < -0.3 is 5.32 Å². The number of hydrogen-bond acceptors (Lipinski definition) is 3. The van der Waals surface area contributed by atoms with Crippen molar-refractivity contribution in [1.29, 1.82) is 0 Å². The molecule has 1 atom stereocenters. The second-order valence-electron chi connectivity index (χ2n) is 4.37. The number of rotatable bonds is 3. The highest BCUT2D eigenvalue weighted by Crippen LogP contribution is 2.13. The molecule has 0 saturated carbocycles. The zero-order valence-electron chi connectivity index (χ0n) is 9.62. The number of halogens is 1. The second kappa shape index (κ2) is 5.37. The van der Waals surface area contributed by atoms with Crippen LogP contribution in [-0.2, 0) is 6.54 Å². The summed E-state index contributed by atoms with van der Waals surface area (Å²) >= 11 is 0. The van der Waals surface area contributed by atoms with E-state index in [9.17, 15) is 4.39 Å². The van der Waals surface area contributed by atoms with Crippen molar-refractivity contribution in [3.8, 4) is 0 Å². The molecule has 1 aliphatic rings. The lowest BCUT2D eigenvalue weighted by Crippen LogP contribution is -2.43. The van der Waals surface area contributed by atoms with E-state index >= 15 is 0 Å². The Bertz CT molecular complexity index is 343. The number of likely N-dealkylation sites (N-methyl/N-ethyl adjacent to an activating group) is 1. The van der Waals surface area contributed by atoms with Crippen LogP contribution in [0.25, 0.3) is 0 Å². The maximum absolute atomic E-state index is 13.0. The van der Waals surface area contributed by atoms with Crippen molar-refractivity contribution in [2.75, 3.05) is 20.1 Å². The quantitative estimate of drug-likeness (QED) is 0.839. The summed E-state index contributed by atoms with van der Waals surface area (Å²) in [7, 11) is 2.00. The van der Waals surface area contributed by atoms with Crippen LogP contribution in [0.5, 0.6) is 0 Å². The molecule has 1 saturated heterocycles. The molecule has 1 aromatic heterocycles. The smallest absolute Gasteiger partial charge is 0.141 e. The van der Waals surface area contributed by atoms with E-state index in [1.165, 1.54) is 19.0 Å². The standard InChI is InChI=1S/C12H18FN3/c1-14-12-3-2-4-16(9-12)8-10-5-11(13)7-15-6-10/h5-7,12,14H,2-4,8-9H2,1H3. The molecule has 3 nitrogen and oxygen atoms in total. The molecule has 2 rings (SSSR count). The van der Waals surface area contributed by atoms with Crippen molar-refractivity contribution in [3.63, 3.8) is 0 Å². The van der Waals surface area contributed by atoms with Crippen LogP contribution in [0.15, 0.2) is 18.5 Å². The van der Waals surface area contributed by atoms with E-state index in [2.05, 4.69) is 15.2 Å². The number of nitrogens with one attached hydrogen (secondary N) is 1. The average molecular weight is 223 g/mol. The summed E-state index contributed by atoms with van der Waals surface area (Å²) in [4.78, 5) is 6.22. The van der Waals surface area contributed by atoms with Crippen molar-refractivity contribution >= 4 is 0 Å². The lowest BCUT2D eigenvalue weighted by atomic mass is 10.1. The van der Waals surface area contributed by atoms with Crippen LogP contribution in [-0.4, -0.2) is 36.1 Å². The third-order valence-electron chi connectivity index (χ3n) is 3.08. The Labute approximate surface area is 95.7 Å². The Kier molecular flexibility index (Phi) is 3.85. The molecule has 0 amide bonds. The highest BCUT2D eigenvalue weighted by Gasteiger charge is 2.18. The normalized spacial score (nSPS) is 22.2. The minimum absolute atomic E-state index is 0.250. The predicted octanol–water partition coefficient (Wildman–Crippen LogP) is 1.40. The van der Waals surface area contributed by atoms with Gasteiger partial charge >= 0.3 is 0 Å². The Balaban J connectivity index is 1.94. The summed E-state index contributed by atoms with van der Waals surface area (Å²) in [6.45, 7) is 2.92. The number of aromatic nitrogens is 1. The van der Waals surface area contributed by atoms with E-state index in [1.807, 2.05) is 7.05 Å². The van der Waals surface area contributed by atoms with Gasteiger partial charge in [0, 0.05) is 25.3 Å². The number of piperidine rings is 1. The molecule has 0 spiro atoms. The van der Waals surface area contributed by atoms with Crippen LogP contribution in [0.3, 0.4) is 0 Å². The van der Waals surface area contributed by atoms with E-state index in [0.29, 0.717) is 6.04 Å². The van der Waals surface area contributed by atoms with E-state index in [-0.39, 0.29) is 5.82 Å². The second-order valence-corrected chi connectivity index (χ2v) is 4.37. The summed E-state index contributed by atoms with van der Waals surface area (Å²) in [6.07, 6.45) is 5.42. The van der Waals surface area contributed by atoms with E-state index in [4.69, 9.17) is 0 Å².